The van der Waals surface area contributed by atoms with E-state index in [0.717, 1.165) is 22.2 Å². The van der Waals surface area contributed by atoms with Crippen molar-refractivity contribution in [2.24, 2.45) is 0 Å². The highest BCUT2D eigenvalue weighted by Crippen LogP contribution is 2.29. The average molecular weight is 258 g/mol. The van der Waals surface area contributed by atoms with Crippen LogP contribution in [0.5, 0.6) is 5.75 Å². The lowest BCUT2D eigenvalue weighted by Crippen LogP contribution is -1.99. The van der Waals surface area contributed by atoms with Crippen LogP contribution in [0.25, 0.3) is 10.8 Å². The van der Waals surface area contributed by atoms with Crippen molar-refractivity contribution in [3.8, 4) is 5.75 Å². The van der Waals surface area contributed by atoms with Gasteiger partial charge in [-0.1, -0.05) is 24.3 Å². The summed E-state index contributed by atoms with van der Waals surface area (Å²) in [6, 6.07) is 11.6. The van der Waals surface area contributed by atoms with Gasteiger partial charge in [0.15, 0.2) is 0 Å². The Balaban J connectivity index is 0.00000128. The van der Waals surface area contributed by atoms with E-state index in [2.05, 4.69) is 0 Å². The van der Waals surface area contributed by atoms with E-state index in [-0.39, 0.29) is 12.4 Å². The lowest BCUT2D eigenvalue weighted by atomic mass is 10.1. The second kappa shape index (κ2) is 5.83. The quantitative estimate of drug-likeness (QED) is 0.675. The van der Waals surface area contributed by atoms with Gasteiger partial charge in [-0.05, 0) is 12.1 Å². The van der Waals surface area contributed by atoms with Crippen molar-refractivity contribution >= 4 is 40.5 Å². The molecular weight excluding hydrogens is 245 g/mol. The van der Waals surface area contributed by atoms with Crippen molar-refractivity contribution in [3.63, 3.8) is 0 Å². The largest absolute Gasteiger partial charge is 0.492 e. The Labute approximate surface area is 106 Å². The van der Waals surface area contributed by atoms with Crippen molar-refractivity contribution in [1.82, 2.24) is 0 Å². The summed E-state index contributed by atoms with van der Waals surface area (Å²) >= 11 is 5.58. The first kappa shape index (κ1) is 12.9. The molecule has 2 aromatic rings. The summed E-state index contributed by atoms with van der Waals surface area (Å²) < 4.78 is 5.54. The standard InChI is InChI=1S/C12H12ClNO.ClH/c13-7-8-15-12-6-5-11(14)9-3-1-2-4-10(9)12;/h1-6H,7-8,14H2;1H. The predicted molar refractivity (Wildman–Crippen MR) is 71.8 cm³/mol. The number of alkyl halides is 1. The van der Waals surface area contributed by atoms with Gasteiger partial charge in [-0.15, -0.1) is 24.0 Å². The molecule has 0 aliphatic heterocycles. The van der Waals surface area contributed by atoms with Gasteiger partial charge in [0.05, 0.1) is 5.88 Å². The summed E-state index contributed by atoms with van der Waals surface area (Å²) in [7, 11) is 0. The second-order valence-corrected chi connectivity index (χ2v) is 3.61. The van der Waals surface area contributed by atoms with E-state index in [1.807, 2.05) is 36.4 Å². The minimum Gasteiger partial charge on any atom is -0.492 e. The maximum absolute atomic E-state index is 5.87. The van der Waals surface area contributed by atoms with Crippen molar-refractivity contribution in [2.45, 2.75) is 0 Å². The highest BCUT2D eigenvalue weighted by atomic mass is 35.5. The van der Waals surface area contributed by atoms with Crippen molar-refractivity contribution in [2.75, 3.05) is 18.2 Å². The Bertz CT molecular complexity index is 474. The van der Waals surface area contributed by atoms with E-state index in [0.29, 0.717) is 12.5 Å². The molecule has 2 nitrogen and oxygen atoms in total. The molecule has 16 heavy (non-hydrogen) atoms. The van der Waals surface area contributed by atoms with Crippen molar-refractivity contribution in [3.05, 3.63) is 36.4 Å². The molecule has 0 aliphatic rings. The Hall–Kier alpha value is -1.12. The Morgan fingerprint density at radius 3 is 2.44 bits per heavy atom. The molecule has 2 rings (SSSR count). The zero-order valence-corrected chi connectivity index (χ0v) is 10.2. The highest BCUT2D eigenvalue weighted by Gasteiger charge is 2.03. The predicted octanol–water partition coefficient (Wildman–Crippen LogP) is 3.46. The number of rotatable bonds is 3. The Morgan fingerprint density at radius 2 is 1.75 bits per heavy atom. The molecule has 0 saturated heterocycles. The molecule has 0 heterocycles. The van der Waals surface area contributed by atoms with Crippen LogP contribution in [0.4, 0.5) is 5.69 Å². The average Bonchev–Trinajstić information content (AvgIpc) is 2.29. The van der Waals surface area contributed by atoms with Gasteiger partial charge >= 0.3 is 0 Å². The molecule has 0 atom stereocenters. The van der Waals surface area contributed by atoms with Gasteiger partial charge in [0.1, 0.15) is 12.4 Å². The SMILES string of the molecule is Cl.Nc1ccc(OCCCl)c2ccccc12. The molecule has 0 aromatic heterocycles. The number of anilines is 1. The van der Waals surface area contributed by atoms with Gasteiger partial charge in [0.2, 0.25) is 0 Å². The lowest BCUT2D eigenvalue weighted by Gasteiger charge is -2.09. The minimum atomic E-state index is 0. The van der Waals surface area contributed by atoms with Crippen LogP contribution in [0.2, 0.25) is 0 Å². The van der Waals surface area contributed by atoms with Crippen molar-refractivity contribution < 1.29 is 4.74 Å². The fourth-order valence-electron chi connectivity index (χ4n) is 1.57. The van der Waals surface area contributed by atoms with E-state index in [9.17, 15) is 0 Å². The van der Waals surface area contributed by atoms with Gasteiger partial charge < -0.3 is 10.5 Å². The topological polar surface area (TPSA) is 35.2 Å². The zero-order valence-electron chi connectivity index (χ0n) is 8.65. The van der Waals surface area contributed by atoms with Crippen LogP contribution in [0.3, 0.4) is 0 Å². The molecule has 0 spiro atoms. The fraction of sp³-hybridized carbons (Fsp3) is 0.167. The molecule has 2 aromatic carbocycles. The molecule has 2 N–H and O–H groups in total. The first-order chi connectivity index (χ1) is 7.33. The van der Waals surface area contributed by atoms with Crippen LogP contribution < -0.4 is 10.5 Å². The maximum atomic E-state index is 5.87. The number of nitrogen functional groups attached to an aromatic ring is 1. The minimum absolute atomic E-state index is 0. The van der Waals surface area contributed by atoms with Crippen LogP contribution in [0.1, 0.15) is 0 Å². The maximum Gasteiger partial charge on any atom is 0.127 e. The summed E-state index contributed by atoms with van der Waals surface area (Å²) in [6.45, 7) is 0.509. The first-order valence-electron chi connectivity index (χ1n) is 4.79. The smallest absolute Gasteiger partial charge is 0.127 e. The van der Waals surface area contributed by atoms with Gasteiger partial charge in [0.25, 0.3) is 0 Å². The van der Waals surface area contributed by atoms with Crippen LogP contribution in [-0.2, 0) is 0 Å². The lowest BCUT2D eigenvalue weighted by molar-refractivity contribution is 0.347. The number of hydrogen-bond acceptors (Lipinski definition) is 2. The molecule has 0 unspecified atom stereocenters. The van der Waals surface area contributed by atoms with Crippen LogP contribution >= 0.6 is 24.0 Å². The third kappa shape index (κ3) is 2.52. The third-order valence-corrected chi connectivity index (χ3v) is 2.41. The molecule has 0 amide bonds. The van der Waals surface area contributed by atoms with E-state index in [4.69, 9.17) is 22.1 Å². The number of hydrogen-bond donors (Lipinski definition) is 1. The number of ether oxygens (including phenoxy) is 1. The van der Waals surface area contributed by atoms with E-state index >= 15 is 0 Å². The number of halogens is 2. The molecular formula is C12H13Cl2NO. The molecule has 0 fully saturated rings. The van der Waals surface area contributed by atoms with E-state index in [1.54, 1.807) is 0 Å². The molecule has 0 radical (unpaired) electrons. The Kier molecular flexibility index (Phi) is 4.71. The monoisotopic (exact) mass is 257 g/mol. The zero-order chi connectivity index (χ0) is 10.7. The van der Waals surface area contributed by atoms with Gasteiger partial charge in [-0.2, -0.15) is 0 Å². The van der Waals surface area contributed by atoms with Gasteiger partial charge in [0, 0.05) is 16.5 Å². The third-order valence-electron chi connectivity index (χ3n) is 2.25. The molecule has 86 valence electrons. The van der Waals surface area contributed by atoms with Crippen LogP contribution in [0.15, 0.2) is 36.4 Å². The summed E-state index contributed by atoms with van der Waals surface area (Å²) in [5.41, 5.74) is 6.64. The summed E-state index contributed by atoms with van der Waals surface area (Å²) in [6.07, 6.45) is 0. The normalized spacial score (nSPS) is 9.81. The molecule has 0 saturated carbocycles. The molecule has 0 aliphatic carbocycles. The molecule has 4 heteroatoms. The first-order valence-corrected chi connectivity index (χ1v) is 5.32. The van der Waals surface area contributed by atoms with Gasteiger partial charge in [-0.25, -0.2) is 0 Å². The van der Waals surface area contributed by atoms with Crippen LogP contribution in [-0.4, -0.2) is 12.5 Å². The molecule has 0 bridgehead atoms. The number of benzene rings is 2. The highest BCUT2D eigenvalue weighted by molar-refractivity contribution is 6.18. The van der Waals surface area contributed by atoms with Gasteiger partial charge in [-0.3, -0.25) is 0 Å². The van der Waals surface area contributed by atoms with Crippen molar-refractivity contribution in [1.29, 1.82) is 0 Å². The Morgan fingerprint density at radius 1 is 1.06 bits per heavy atom. The fourth-order valence-corrected chi connectivity index (χ4v) is 1.65. The van der Waals surface area contributed by atoms with E-state index in [1.165, 1.54) is 0 Å². The summed E-state index contributed by atoms with van der Waals surface area (Å²) in [4.78, 5) is 0. The number of fused-ring (bicyclic) bond motifs is 1. The summed E-state index contributed by atoms with van der Waals surface area (Å²) in [5, 5.41) is 2.05. The number of nitrogens with two attached hydrogens (primary N) is 1. The van der Waals surface area contributed by atoms with E-state index < -0.39 is 0 Å². The van der Waals surface area contributed by atoms with Crippen LogP contribution in [0, 0.1) is 0 Å². The second-order valence-electron chi connectivity index (χ2n) is 3.24. The summed E-state index contributed by atoms with van der Waals surface area (Å²) in [5.74, 6) is 1.32.